The first-order valence-electron chi connectivity index (χ1n) is 9.23. The van der Waals surface area contributed by atoms with Gasteiger partial charge in [-0.3, -0.25) is 4.79 Å². The Hall–Kier alpha value is -2.49. The van der Waals surface area contributed by atoms with Crippen LogP contribution in [0.5, 0.6) is 0 Å². The molecule has 0 radical (unpaired) electrons. The molecule has 0 aliphatic carbocycles. The monoisotopic (exact) mass is 410 g/mol. The average Bonchev–Trinajstić information content (AvgIpc) is 2.70. The van der Waals surface area contributed by atoms with Crippen LogP contribution < -0.4 is 10.2 Å². The topological polar surface area (TPSA) is 32.3 Å². The number of hydrogen-bond donors (Lipinski definition) is 1. The second-order valence-electron chi connectivity index (χ2n) is 7.01. The molecule has 3 aromatic carbocycles. The SMILES string of the molecule is C[C@H]1C[C@H](Nc2ccccc2)c2ccccc2N1C(=O)c1ccc(Cl)c(Cl)c1. The molecule has 3 aromatic rings. The molecule has 3 nitrogen and oxygen atoms in total. The maximum atomic E-state index is 13.3. The fraction of sp³-hybridized carbons (Fsp3) is 0.174. The number of anilines is 2. The minimum Gasteiger partial charge on any atom is -0.378 e. The summed E-state index contributed by atoms with van der Waals surface area (Å²) in [7, 11) is 0. The van der Waals surface area contributed by atoms with Crippen LogP contribution in [0, 0.1) is 0 Å². The van der Waals surface area contributed by atoms with E-state index in [2.05, 4.69) is 30.4 Å². The van der Waals surface area contributed by atoms with Gasteiger partial charge in [0.15, 0.2) is 0 Å². The first-order valence-corrected chi connectivity index (χ1v) is 9.99. The zero-order valence-corrected chi connectivity index (χ0v) is 16.9. The number of amides is 1. The van der Waals surface area contributed by atoms with Crippen LogP contribution in [0.25, 0.3) is 0 Å². The highest BCUT2D eigenvalue weighted by Gasteiger charge is 2.34. The lowest BCUT2D eigenvalue weighted by atomic mass is 9.90. The average molecular weight is 411 g/mol. The Kier molecular flexibility index (Phi) is 5.29. The van der Waals surface area contributed by atoms with Crippen molar-refractivity contribution in [1.29, 1.82) is 0 Å². The van der Waals surface area contributed by atoms with Crippen molar-refractivity contribution in [3.05, 3.63) is 94.0 Å². The number of rotatable bonds is 3. The van der Waals surface area contributed by atoms with Crippen LogP contribution >= 0.6 is 23.2 Å². The van der Waals surface area contributed by atoms with E-state index in [0.29, 0.717) is 15.6 Å². The molecule has 5 heteroatoms. The highest BCUT2D eigenvalue weighted by molar-refractivity contribution is 6.42. The predicted octanol–water partition coefficient (Wildman–Crippen LogP) is 6.59. The van der Waals surface area contributed by atoms with Gasteiger partial charge in [-0.05, 0) is 55.3 Å². The van der Waals surface area contributed by atoms with Gasteiger partial charge in [0.05, 0.1) is 16.1 Å². The van der Waals surface area contributed by atoms with Gasteiger partial charge in [0.1, 0.15) is 0 Å². The molecule has 0 saturated heterocycles. The Labute approximate surface area is 174 Å². The summed E-state index contributed by atoms with van der Waals surface area (Å²) in [5.74, 6) is -0.0725. The first-order chi connectivity index (χ1) is 13.5. The quantitative estimate of drug-likeness (QED) is 0.528. The second-order valence-corrected chi connectivity index (χ2v) is 7.82. The highest BCUT2D eigenvalue weighted by Crippen LogP contribution is 2.39. The third kappa shape index (κ3) is 3.60. The van der Waals surface area contributed by atoms with Gasteiger partial charge in [-0.1, -0.05) is 59.6 Å². The predicted molar refractivity (Wildman–Crippen MR) is 117 cm³/mol. The van der Waals surface area contributed by atoms with Gasteiger partial charge >= 0.3 is 0 Å². The van der Waals surface area contributed by atoms with Gasteiger partial charge in [-0.25, -0.2) is 0 Å². The van der Waals surface area contributed by atoms with E-state index >= 15 is 0 Å². The molecule has 0 unspecified atom stereocenters. The molecule has 1 heterocycles. The Bertz CT molecular complexity index is 1010. The van der Waals surface area contributed by atoms with E-state index in [0.717, 1.165) is 23.4 Å². The third-order valence-corrected chi connectivity index (χ3v) is 5.83. The summed E-state index contributed by atoms with van der Waals surface area (Å²) in [4.78, 5) is 15.2. The molecular weight excluding hydrogens is 391 g/mol. The number of benzene rings is 3. The zero-order chi connectivity index (χ0) is 19.7. The summed E-state index contributed by atoms with van der Waals surface area (Å²) >= 11 is 12.1. The van der Waals surface area contributed by atoms with Crippen molar-refractivity contribution in [2.24, 2.45) is 0 Å². The summed E-state index contributed by atoms with van der Waals surface area (Å²) < 4.78 is 0. The summed E-state index contributed by atoms with van der Waals surface area (Å²) in [6.45, 7) is 2.07. The molecule has 1 amide bonds. The van der Waals surface area contributed by atoms with Gasteiger partial charge in [0.2, 0.25) is 0 Å². The second kappa shape index (κ2) is 7.86. The minimum atomic E-state index is -0.0725. The minimum absolute atomic E-state index is 0.0260. The summed E-state index contributed by atoms with van der Waals surface area (Å²) in [6, 6.07) is 23.4. The van der Waals surface area contributed by atoms with Crippen LogP contribution in [-0.4, -0.2) is 11.9 Å². The van der Waals surface area contributed by atoms with Crippen LogP contribution in [-0.2, 0) is 0 Å². The van der Waals surface area contributed by atoms with Crippen molar-refractivity contribution in [2.75, 3.05) is 10.2 Å². The van der Waals surface area contributed by atoms with E-state index in [-0.39, 0.29) is 18.0 Å². The van der Waals surface area contributed by atoms with E-state index in [4.69, 9.17) is 23.2 Å². The molecule has 4 rings (SSSR count). The van der Waals surface area contributed by atoms with Crippen molar-refractivity contribution in [3.8, 4) is 0 Å². The van der Waals surface area contributed by atoms with Crippen molar-refractivity contribution in [2.45, 2.75) is 25.4 Å². The van der Waals surface area contributed by atoms with Gasteiger partial charge < -0.3 is 10.2 Å². The van der Waals surface area contributed by atoms with Crippen LogP contribution in [0.4, 0.5) is 11.4 Å². The molecule has 1 aliphatic rings. The van der Waals surface area contributed by atoms with Crippen LogP contribution in [0.3, 0.4) is 0 Å². The fourth-order valence-corrected chi connectivity index (χ4v) is 4.06. The molecule has 1 aliphatic heterocycles. The van der Waals surface area contributed by atoms with Crippen LogP contribution in [0.1, 0.15) is 35.3 Å². The van der Waals surface area contributed by atoms with Gasteiger partial charge in [-0.2, -0.15) is 0 Å². The summed E-state index contributed by atoms with van der Waals surface area (Å²) in [5.41, 5.74) is 3.63. The Balaban J connectivity index is 1.69. The van der Waals surface area contributed by atoms with Crippen molar-refractivity contribution in [3.63, 3.8) is 0 Å². The fourth-order valence-electron chi connectivity index (χ4n) is 3.76. The summed E-state index contributed by atoms with van der Waals surface area (Å²) in [5, 5.41) is 4.43. The largest absolute Gasteiger partial charge is 0.378 e. The molecule has 0 bridgehead atoms. The van der Waals surface area contributed by atoms with Crippen molar-refractivity contribution >= 4 is 40.5 Å². The van der Waals surface area contributed by atoms with E-state index in [1.165, 1.54) is 0 Å². The Morgan fingerprint density at radius 3 is 2.43 bits per heavy atom. The first kappa shape index (κ1) is 18.9. The molecule has 0 aromatic heterocycles. The molecule has 28 heavy (non-hydrogen) atoms. The lowest BCUT2D eigenvalue weighted by molar-refractivity contribution is 0.0974. The number of nitrogens with one attached hydrogen (secondary N) is 1. The standard InChI is InChI=1S/C23H20Cl2N2O/c1-15-13-21(26-17-7-3-2-4-8-17)18-9-5-6-10-22(18)27(15)23(28)16-11-12-19(24)20(25)14-16/h2-12,14-15,21,26H,13H2,1H3/t15-,21-/m0/s1. The van der Waals surface area contributed by atoms with Crippen molar-refractivity contribution in [1.82, 2.24) is 0 Å². The number of para-hydroxylation sites is 2. The van der Waals surface area contributed by atoms with Crippen LogP contribution in [0.2, 0.25) is 10.0 Å². The Morgan fingerprint density at radius 1 is 0.964 bits per heavy atom. The molecular formula is C23H20Cl2N2O. The Morgan fingerprint density at radius 2 is 1.68 bits per heavy atom. The van der Waals surface area contributed by atoms with Crippen LogP contribution in [0.15, 0.2) is 72.8 Å². The van der Waals surface area contributed by atoms with Gasteiger partial charge in [0, 0.05) is 23.0 Å². The third-order valence-electron chi connectivity index (χ3n) is 5.09. The number of carbonyl (C=O) groups is 1. The molecule has 0 saturated carbocycles. The number of nitrogens with zero attached hydrogens (tertiary/aromatic N) is 1. The maximum absolute atomic E-state index is 13.3. The van der Waals surface area contributed by atoms with Crippen molar-refractivity contribution < 1.29 is 4.79 Å². The lowest BCUT2D eigenvalue weighted by Crippen LogP contribution is -2.44. The highest BCUT2D eigenvalue weighted by atomic mass is 35.5. The zero-order valence-electron chi connectivity index (χ0n) is 15.4. The number of hydrogen-bond acceptors (Lipinski definition) is 2. The molecule has 142 valence electrons. The summed E-state index contributed by atoms with van der Waals surface area (Å²) in [6.07, 6.45) is 0.805. The maximum Gasteiger partial charge on any atom is 0.258 e. The van der Waals surface area contributed by atoms with E-state index in [9.17, 15) is 4.79 Å². The molecule has 0 spiro atoms. The van der Waals surface area contributed by atoms with E-state index in [1.807, 2.05) is 41.3 Å². The number of fused-ring (bicyclic) bond motifs is 1. The molecule has 2 atom stereocenters. The number of halogens is 2. The lowest BCUT2D eigenvalue weighted by Gasteiger charge is -2.40. The number of carbonyl (C=O) groups excluding carboxylic acids is 1. The van der Waals surface area contributed by atoms with Gasteiger partial charge in [0.25, 0.3) is 5.91 Å². The van der Waals surface area contributed by atoms with E-state index < -0.39 is 0 Å². The molecule has 0 fully saturated rings. The van der Waals surface area contributed by atoms with E-state index in [1.54, 1.807) is 18.2 Å². The smallest absolute Gasteiger partial charge is 0.258 e. The van der Waals surface area contributed by atoms with Gasteiger partial charge in [-0.15, -0.1) is 0 Å². The normalized spacial score (nSPS) is 18.5. The molecule has 1 N–H and O–H groups in total.